The molecule has 1 N–H and O–H groups in total. The van der Waals surface area contributed by atoms with Crippen LogP contribution in [0.2, 0.25) is 0 Å². The molecule has 1 aromatic heterocycles. The number of aromatic nitrogens is 3. The van der Waals surface area contributed by atoms with Crippen LogP contribution < -0.4 is 10.2 Å². The average molecular weight is 378 g/mol. The maximum Gasteiger partial charge on any atom is 0.293 e. The third-order valence-corrected chi connectivity index (χ3v) is 4.79. The number of carbonyl (C=O) groups excluding carboxylic acids is 1. The first-order chi connectivity index (χ1) is 13.6. The minimum Gasteiger partial charge on any atom is -0.357 e. The lowest BCUT2D eigenvalue weighted by molar-refractivity contribution is -0.384. The van der Waals surface area contributed by atoms with Gasteiger partial charge in [0.2, 0.25) is 0 Å². The molecule has 1 amide bonds. The van der Waals surface area contributed by atoms with E-state index in [2.05, 4.69) is 15.5 Å². The number of nitro benzene ring substituents is 1. The van der Waals surface area contributed by atoms with Gasteiger partial charge in [-0.3, -0.25) is 14.9 Å². The number of amides is 1. The largest absolute Gasteiger partial charge is 0.357 e. The topological polar surface area (TPSA) is 106 Å². The zero-order chi connectivity index (χ0) is 19.7. The van der Waals surface area contributed by atoms with E-state index in [-0.39, 0.29) is 17.2 Å². The van der Waals surface area contributed by atoms with E-state index in [0.717, 1.165) is 17.2 Å². The molecule has 1 aliphatic rings. The van der Waals surface area contributed by atoms with Gasteiger partial charge in [0.25, 0.3) is 11.6 Å². The third-order valence-electron chi connectivity index (χ3n) is 4.79. The summed E-state index contributed by atoms with van der Waals surface area (Å²) in [4.78, 5) is 24.8. The molecule has 0 unspecified atom stereocenters. The van der Waals surface area contributed by atoms with Gasteiger partial charge in [-0.2, -0.15) is 0 Å². The monoisotopic (exact) mass is 378 g/mol. The Morgan fingerprint density at radius 1 is 1.14 bits per heavy atom. The highest BCUT2D eigenvalue weighted by atomic mass is 16.6. The van der Waals surface area contributed by atoms with Crippen molar-refractivity contribution in [1.82, 2.24) is 20.1 Å². The summed E-state index contributed by atoms with van der Waals surface area (Å²) in [6.45, 7) is 1.59. The molecule has 0 bridgehead atoms. The van der Waals surface area contributed by atoms with Gasteiger partial charge < -0.3 is 14.8 Å². The van der Waals surface area contributed by atoms with E-state index in [0.29, 0.717) is 25.3 Å². The van der Waals surface area contributed by atoms with Crippen molar-refractivity contribution in [3.63, 3.8) is 0 Å². The Kier molecular flexibility index (Phi) is 4.48. The summed E-state index contributed by atoms with van der Waals surface area (Å²) in [6, 6.07) is 14.3. The van der Waals surface area contributed by atoms with E-state index in [4.69, 9.17) is 0 Å². The molecule has 0 fully saturated rings. The molecule has 142 valence electrons. The first-order valence-corrected chi connectivity index (χ1v) is 8.81. The number of fused-ring (bicyclic) bond motifs is 1. The number of rotatable bonds is 4. The van der Waals surface area contributed by atoms with E-state index in [9.17, 15) is 14.9 Å². The SMILES string of the molecule is CNC(=O)c1ccc(N2CCn3c(nnc3-c3ccccc3)C2)c([N+](=O)[O-])c1. The molecular weight excluding hydrogens is 360 g/mol. The number of hydrogen-bond acceptors (Lipinski definition) is 6. The predicted molar refractivity (Wildman–Crippen MR) is 103 cm³/mol. The Bertz CT molecular complexity index is 1050. The predicted octanol–water partition coefficient (Wildman–Crippen LogP) is 2.23. The van der Waals surface area contributed by atoms with Crippen molar-refractivity contribution >= 4 is 17.3 Å². The number of hydrogen-bond donors (Lipinski definition) is 1. The molecule has 0 saturated heterocycles. The second kappa shape index (κ2) is 7.10. The molecule has 0 radical (unpaired) electrons. The van der Waals surface area contributed by atoms with Crippen LogP contribution in [0.25, 0.3) is 11.4 Å². The van der Waals surface area contributed by atoms with Crippen molar-refractivity contribution in [2.24, 2.45) is 0 Å². The smallest absolute Gasteiger partial charge is 0.293 e. The normalized spacial score (nSPS) is 13.1. The average Bonchev–Trinajstić information content (AvgIpc) is 3.16. The molecule has 9 nitrogen and oxygen atoms in total. The quantitative estimate of drug-likeness (QED) is 0.551. The molecule has 4 rings (SSSR count). The molecule has 0 aliphatic carbocycles. The molecule has 3 aromatic rings. The van der Waals surface area contributed by atoms with Gasteiger partial charge >= 0.3 is 0 Å². The van der Waals surface area contributed by atoms with Gasteiger partial charge in [-0.15, -0.1) is 10.2 Å². The first-order valence-electron chi connectivity index (χ1n) is 8.81. The second-order valence-corrected chi connectivity index (χ2v) is 6.42. The molecule has 1 aliphatic heterocycles. The fraction of sp³-hybridized carbons (Fsp3) is 0.211. The van der Waals surface area contributed by atoms with Gasteiger partial charge in [0, 0.05) is 37.3 Å². The lowest BCUT2D eigenvalue weighted by Crippen LogP contribution is -2.34. The number of anilines is 1. The van der Waals surface area contributed by atoms with Gasteiger partial charge in [-0.05, 0) is 12.1 Å². The minimum absolute atomic E-state index is 0.0997. The number of benzene rings is 2. The highest BCUT2D eigenvalue weighted by molar-refractivity contribution is 5.95. The van der Waals surface area contributed by atoms with Crippen LogP contribution in [0.3, 0.4) is 0 Å². The van der Waals surface area contributed by atoms with Gasteiger partial charge in [0.15, 0.2) is 11.6 Å². The van der Waals surface area contributed by atoms with Crippen LogP contribution in [0.4, 0.5) is 11.4 Å². The molecule has 2 aromatic carbocycles. The van der Waals surface area contributed by atoms with Crippen LogP contribution >= 0.6 is 0 Å². The van der Waals surface area contributed by atoms with Gasteiger partial charge in [-0.1, -0.05) is 30.3 Å². The Balaban J connectivity index is 1.66. The number of carbonyl (C=O) groups is 1. The number of nitrogens with one attached hydrogen (secondary N) is 1. The Hall–Kier alpha value is -3.75. The summed E-state index contributed by atoms with van der Waals surface area (Å²) in [5.74, 6) is 1.18. The van der Waals surface area contributed by atoms with Crippen molar-refractivity contribution < 1.29 is 9.72 Å². The maximum atomic E-state index is 11.8. The summed E-state index contributed by atoms with van der Waals surface area (Å²) < 4.78 is 2.04. The Morgan fingerprint density at radius 3 is 2.64 bits per heavy atom. The lowest BCUT2D eigenvalue weighted by atomic mass is 10.1. The Labute approximate surface area is 160 Å². The lowest BCUT2D eigenvalue weighted by Gasteiger charge is -2.29. The summed E-state index contributed by atoms with van der Waals surface area (Å²) >= 11 is 0. The van der Waals surface area contributed by atoms with E-state index >= 15 is 0 Å². The second-order valence-electron chi connectivity index (χ2n) is 6.42. The van der Waals surface area contributed by atoms with Crippen LogP contribution in [0.15, 0.2) is 48.5 Å². The van der Waals surface area contributed by atoms with Crippen LogP contribution in [-0.2, 0) is 13.1 Å². The summed E-state index contributed by atoms with van der Waals surface area (Å²) in [5, 5.41) is 22.6. The van der Waals surface area contributed by atoms with Crippen LogP contribution in [0, 0.1) is 10.1 Å². The van der Waals surface area contributed by atoms with Crippen molar-refractivity contribution in [2.75, 3.05) is 18.5 Å². The molecule has 0 spiro atoms. The van der Waals surface area contributed by atoms with E-state index in [1.807, 2.05) is 39.8 Å². The summed E-state index contributed by atoms with van der Waals surface area (Å²) in [7, 11) is 1.49. The van der Waals surface area contributed by atoms with Gasteiger partial charge in [0.05, 0.1) is 11.5 Å². The van der Waals surface area contributed by atoms with Crippen molar-refractivity contribution in [3.8, 4) is 11.4 Å². The van der Waals surface area contributed by atoms with E-state index in [1.54, 1.807) is 12.1 Å². The zero-order valence-electron chi connectivity index (χ0n) is 15.2. The third kappa shape index (κ3) is 3.07. The first kappa shape index (κ1) is 17.7. The molecule has 0 atom stereocenters. The molecule has 28 heavy (non-hydrogen) atoms. The van der Waals surface area contributed by atoms with Gasteiger partial charge in [0.1, 0.15) is 5.69 Å². The summed E-state index contributed by atoms with van der Waals surface area (Å²) in [5.41, 5.74) is 1.60. The van der Waals surface area contributed by atoms with Crippen LogP contribution in [-0.4, -0.2) is 39.2 Å². The van der Waals surface area contributed by atoms with Crippen molar-refractivity contribution in [2.45, 2.75) is 13.1 Å². The van der Waals surface area contributed by atoms with Crippen LogP contribution in [0.5, 0.6) is 0 Å². The van der Waals surface area contributed by atoms with E-state index in [1.165, 1.54) is 13.1 Å². The van der Waals surface area contributed by atoms with Crippen LogP contribution in [0.1, 0.15) is 16.2 Å². The fourth-order valence-corrected chi connectivity index (χ4v) is 3.39. The molecule has 2 heterocycles. The highest BCUT2D eigenvalue weighted by Gasteiger charge is 2.27. The highest BCUT2D eigenvalue weighted by Crippen LogP contribution is 2.32. The summed E-state index contributed by atoms with van der Waals surface area (Å²) in [6.07, 6.45) is 0. The van der Waals surface area contributed by atoms with Crippen molar-refractivity contribution in [3.05, 3.63) is 70.0 Å². The van der Waals surface area contributed by atoms with E-state index < -0.39 is 4.92 Å². The maximum absolute atomic E-state index is 11.8. The molecular formula is C19H18N6O3. The Morgan fingerprint density at radius 2 is 1.93 bits per heavy atom. The molecule has 9 heteroatoms. The minimum atomic E-state index is -0.462. The molecule has 0 saturated carbocycles. The standard InChI is InChI=1S/C19H18N6O3/c1-20-19(26)14-7-8-15(16(11-14)25(27)28)23-9-10-24-17(12-23)21-22-18(24)13-5-3-2-4-6-13/h2-8,11H,9-10,12H2,1H3,(H,20,26). The number of nitro groups is 1. The zero-order valence-corrected chi connectivity index (χ0v) is 15.2. The van der Waals surface area contributed by atoms with Gasteiger partial charge in [-0.25, -0.2) is 0 Å². The number of nitrogens with zero attached hydrogens (tertiary/aromatic N) is 5. The van der Waals surface area contributed by atoms with Crippen molar-refractivity contribution in [1.29, 1.82) is 0 Å². The fourth-order valence-electron chi connectivity index (χ4n) is 3.39.